The fraction of sp³-hybridized carbons (Fsp3) is 0.130. The molecule has 0 aliphatic heterocycles. The fourth-order valence-electron chi connectivity index (χ4n) is 3.50. The molecule has 0 atom stereocenters. The molecule has 1 N–H and O–H groups in total. The van der Waals surface area contributed by atoms with E-state index in [-0.39, 0.29) is 22.9 Å². The molecule has 0 saturated carbocycles. The zero-order valence-electron chi connectivity index (χ0n) is 17.7. The van der Waals surface area contributed by atoms with E-state index in [1.807, 2.05) is 31.2 Å². The highest BCUT2D eigenvalue weighted by molar-refractivity contribution is 7.13. The third-order valence-corrected chi connectivity index (χ3v) is 6.09. The number of aryl methyl sites for hydroxylation is 1. The van der Waals surface area contributed by atoms with Crippen LogP contribution in [0.2, 0.25) is 0 Å². The van der Waals surface area contributed by atoms with Gasteiger partial charge in [0.15, 0.2) is 22.9 Å². The van der Waals surface area contributed by atoms with Gasteiger partial charge in [-0.25, -0.2) is 9.50 Å². The average molecular weight is 482 g/mol. The molecule has 172 valence electrons. The lowest BCUT2D eigenvalue weighted by molar-refractivity contribution is -0.142. The number of thiophene rings is 1. The Balaban J connectivity index is 1.42. The van der Waals surface area contributed by atoms with Crippen molar-refractivity contribution in [3.8, 4) is 10.6 Å². The van der Waals surface area contributed by atoms with Crippen LogP contribution in [-0.2, 0) is 12.7 Å². The molecular weight excluding hydrogens is 465 g/mol. The molecule has 5 rings (SSSR count). The number of carbonyl (C=O) groups excluding carboxylic acids is 1. The van der Waals surface area contributed by atoms with Crippen molar-refractivity contribution >= 4 is 28.7 Å². The average Bonchev–Trinajstić information content (AvgIpc) is 3.54. The normalized spacial score (nSPS) is 11.8. The number of rotatable bonds is 5. The molecular formula is C23H17F3N6OS. The van der Waals surface area contributed by atoms with Gasteiger partial charge < -0.3 is 5.32 Å². The first-order valence-corrected chi connectivity index (χ1v) is 11.1. The van der Waals surface area contributed by atoms with Crippen LogP contribution in [0.1, 0.15) is 27.3 Å². The van der Waals surface area contributed by atoms with E-state index in [0.29, 0.717) is 15.9 Å². The Bertz CT molecular complexity index is 1490. The van der Waals surface area contributed by atoms with Crippen molar-refractivity contribution in [2.45, 2.75) is 19.6 Å². The number of nitrogens with one attached hydrogen (secondary N) is 1. The molecule has 0 bridgehead atoms. The van der Waals surface area contributed by atoms with Gasteiger partial charge in [-0.1, -0.05) is 30.3 Å². The first-order chi connectivity index (χ1) is 16.3. The van der Waals surface area contributed by atoms with Crippen LogP contribution in [-0.4, -0.2) is 30.3 Å². The van der Waals surface area contributed by atoms with Crippen LogP contribution in [0.5, 0.6) is 0 Å². The molecule has 7 nitrogen and oxygen atoms in total. The van der Waals surface area contributed by atoms with Crippen LogP contribution in [0, 0.1) is 6.92 Å². The summed E-state index contributed by atoms with van der Waals surface area (Å²) in [5.41, 5.74) is 1.07. The van der Waals surface area contributed by atoms with E-state index in [4.69, 9.17) is 0 Å². The van der Waals surface area contributed by atoms with Crippen molar-refractivity contribution < 1.29 is 18.0 Å². The summed E-state index contributed by atoms with van der Waals surface area (Å²) in [6.07, 6.45) is -2.97. The molecule has 1 amide bonds. The second-order valence-corrected chi connectivity index (χ2v) is 8.53. The largest absolute Gasteiger partial charge is 0.433 e. The summed E-state index contributed by atoms with van der Waals surface area (Å²) >= 11 is 1.27. The van der Waals surface area contributed by atoms with Crippen molar-refractivity contribution in [1.82, 2.24) is 24.4 Å². The number of alkyl halides is 3. The van der Waals surface area contributed by atoms with Gasteiger partial charge in [-0.2, -0.15) is 23.4 Å². The van der Waals surface area contributed by atoms with E-state index >= 15 is 0 Å². The zero-order valence-corrected chi connectivity index (χ0v) is 18.6. The predicted octanol–water partition coefficient (Wildman–Crippen LogP) is 5.28. The zero-order chi connectivity index (χ0) is 23.9. The minimum atomic E-state index is -4.68. The molecule has 1 aromatic carbocycles. The van der Waals surface area contributed by atoms with Gasteiger partial charge in [0.2, 0.25) is 0 Å². The molecule has 34 heavy (non-hydrogen) atoms. The van der Waals surface area contributed by atoms with Crippen molar-refractivity contribution in [2.24, 2.45) is 0 Å². The number of halogens is 3. The third kappa shape index (κ3) is 4.29. The summed E-state index contributed by atoms with van der Waals surface area (Å²) < 4.78 is 43.4. The number of carbonyl (C=O) groups is 1. The Morgan fingerprint density at radius 3 is 2.65 bits per heavy atom. The van der Waals surface area contributed by atoms with Gasteiger partial charge in [0.25, 0.3) is 5.91 Å². The summed E-state index contributed by atoms with van der Waals surface area (Å²) in [6.45, 7) is 2.51. The molecule has 4 heterocycles. The Kier molecular flexibility index (Phi) is 5.40. The van der Waals surface area contributed by atoms with Gasteiger partial charge >= 0.3 is 6.18 Å². The standard InChI is InChI=1S/C23H17F3N6OS/c1-14-5-2-3-6-15(14)13-31-9-8-20(30-31)28-22(33)17-12-21-27-16(18-7-4-10-34-18)11-19(23(24,25)26)32(21)29-17/h2-12H,13H2,1H3,(H,28,30,33). The van der Waals surface area contributed by atoms with Gasteiger partial charge in [0.1, 0.15) is 0 Å². The maximum absolute atomic E-state index is 13.7. The predicted molar refractivity (Wildman–Crippen MR) is 122 cm³/mol. The first kappa shape index (κ1) is 21.8. The fourth-order valence-corrected chi connectivity index (χ4v) is 4.18. The lowest BCUT2D eigenvalue weighted by Gasteiger charge is -2.10. The van der Waals surface area contributed by atoms with Gasteiger partial charge in [-0.3, -0.25) is 9.48 Å². The summed E-state index contributed by atoms with van der Waals surface area (Å²) in [4.78, 5) is 17.6. The van der Waals surface area contributed by atoms with Crippen molar-refractivity contribution in [3.63, 3.8) is 0 Å². The maximum atomic E-state index is 13.7. The lowest BCUT2D eigenvalue weighted by Crippen LogP contribution is -2.16. The minimum Gasteiger partial charge on any atom is -0.304 e. The Morgan fingerprint density at radius 2 is 1.91 bits per heavy atom. The molecule has 11 heteroatoms. The number of hydrogen-bond donors (Lipinski definition) is 1. The number of amides is 1. The van der Waals surface area contributed by atoms with Crippen molar-refractivity contribution in [1.29, 1.82) is 0 Å². The number of aromatic nitrogens is 5. The SMILES string of the molecule is Cc1ccccc1Cn1ccc(NC(=O)c2cc3nc(-c4cccs4)cc(C(F)(F)F)n3n2)n1. The molecule has 5 aromatic rings. The minimum absolute atomic E-state index is 0.0755. The monoisotopic (exact) mass is 482 g/mol. The van der Waals surface area contributed by atoms with Crippen LogP contribution in [0.15, 0.2) is 66.2 Å². The quantitative estimate of drug-likeness (QED) is 0.370. The molecule has 4 aromatic heterocycles. The Morgan fingerprint density at radius 1 is 1.09 bits per heavy atom. The van der Waals surface area contributed by atoms with Crippen LogP contribution in [0.25, 0.3) is 16.2 Å². The summed E-state index contributed by atoms with van der Waals surface area (Å²) in [7, 11) is 0. The van der Waals surface area contributed by atoms with Crippen LogP contribution < -0.4 is 5.32 Å². The molecule has 0 unspecified atom stereocenters. The number of benzene rings is 1. The van der Waals surface area contributed by atoms with E-state index in [2.05, 4.69) is 20.5 Å². The number of hydrogen-bond acceptors (Lipinski definition) is 5. The van der Waals surface area contributed by atoms with Crippen LogP contribution in [0.3, 0.4) is 0 Å². The topological polar surface area (TPSA) is 77.1 Å². The third-order valence-electron chi connectivity index (χ3n) is 5.20. The van der Waals surface area contributed by atoms with Gasteiger partial charge in [-0.15, -0.1) is 11.3 Å². The highest BCUT2D eigenvalue weighted by Crippen LogP contribution is 2.33. The van der Waals surface area contributed by atoms with Gasteiger partial charge in [0.05, 0.1) is 17.1 Å². The van der Waals surface area contributed by atoms with Gasteiger partial charge in [-0.05, 0) is 35.6 Å². The maximum Gasteiger partial charge on any atom is 0.433 e. The smallest absolute Gasteiger partial charge is 0.304 e. The van der Waals surface area contributed by atoms with Crippen LogP contribution in [0.4, 0.5) is 19.0 Å². The molecule has 0 fully saturated rings. The van der Waals surface area contributed by atoms with E-state index in [1.54, 1.807) is 34.5 Å². The highest BCUT2D eigenvalue weighted by Gasteiger charge is 2.35. The first-order valence-electron chi connectivity index (χ1n) is 10.2. The molecule has 0 aliphatic rings. The van der Waals surface area contributed by atoms with Crippen molar-refractivity contribution in [3.05, 3.63) is 88.7 Å². The molecule has 0 saturated heterocycles. The second kappa shape index (κ2) is 8.41. The number of nitrogens with zero attached hydrogens (tertiary/aromatic N) is 5. The summed E-state index contributed by atoms with van der Waals surface area (Å²) in [5.74, 6) is -0.420. The van der Waals surface area contributed by atoms with E-state index in [9.17, 15) is 18.0 Å². The summed E-state index contributed by atoms with van der Waals surface area (Å²) in [6, 6.07) is 15.1. The highest BCUT2D eigenvalue weighted by atomic mass is 32.1. The Labute approximate surface area is 195 Å². The van der Waals surface area contributed by atoms with Crippen LogP contribution >= 0.6 is 11.3 Å². The number of anilines is 1. The molecule has 0 radical (unpaired) electrons. The lowest BCUT2D eigenvalue weighted by atomic mass is 10.1. The Hall–Kier alpha value is -3.99. The number of fused-ring (bicyclic) bond motifs is 1. The molecule has 0 spiro atoms. The summed E-state index contributed by atoms with van der Waals surface area (Å²) in [5, 5.41) is 12.5. The second-order valence-electron chi connectivity index (χ2n) is 7.58. The van der Waals surface area contributed by atoms with Gasteiger partial charge in [0, 0.05) is 18.3 Å². The van der Waals surface area contributed by atoms with E-state index < -0.39 is 17.8 Å². The van der Waals surface area contributed by atoms with E-state index in [1.165, 1.54) is 17.4 Å². The van der Waals surface area contributed by atoms with E-state index in [0.717, 1.165) is 17.2 Å². The molecule has 0 aliphatic carbocycles. The van der Waals surface area contributed by atoms with Crippen molar-refractivity contribution in [2.75, 3.05) is 5.32 Å².